The molecule has 2 aliphatic carbocycles. The van der Waals surface area contributed by atoms with Crippen molar-refractivity contribution in [2.24, 2.45) is 23.7 Å². The molecule has 0 aromatic rings. The number of carbonyl (C=O) groups excluding carboxylic acids is 2. The van der Waals surface area contributed by atoms with Crippen LogP contribution in [0, 0.1) is 23.7 Å². The van der Waals surface area contributed by atoms with Crippen molar-refractivity contribution in [1.29, 1.82) is 0 Å². The Kier molecular flexibility index (Phi) is 4.01. The normalized spacial score (nSPS) is 50.0. The Morgan fingerprint density at radius 1 is 1.42 bits per heavy atom. The molecule has 0 aromatic carbocycles. The predicted molar refractivity (Wildman–Crippen MR) is 81.6 cm³/mol. The van der Waals surface area contributed by atoms with Crippen LogP contribution >= 0.6 is 0 Å². The van der Waals surface area contributed by atoms with Crippen molar-refractivity contribution in [3.05, 3.63) is 12.2 Å². The van der Waals surface area contributed by atoms with Crippen molar-refractivity contribution in [2.45, 2.75) is 57.5 Å². The SMILES string of the molecule is CC(=O)OC1CC(C)(O)C2C=CC(C)(OO)C2C2OC(=O)C(C)C12. The zero-order valence-corrected chi connectivity index (χ0v) is 14.3. The van der Waals surface area contributed by atoms with E-state index in [1.807, 2.05) is 0 Å². The van der Waals surface area contributed by atoms with Gasteiger partial charge < -0.3 is 14.6 Å². The van der Waals surface area contributed by atoms with E-state index in [1.54, 1.807) is 32.9 Å². The van der Waals surface area contributed by atoms with Crippen LogP contribution in [0.25, 0.3) is 0 Å². The zero-order valence-electron chi connectivity index (χ0n) is 14.3. The summed E-state index contributed by atoms with van der Waals surface area (Å²) >= 11 is 0. The van der Waals surface area contributed by atoms with Gasteiger partial charge in [0.2, 0.25) is 0 Å². The molecule has 1 saturated carbocycles. The number of ether oxygens (including phenoxy) is 2. The van der Waals surface area contributed by atoms with Crippen LogP contribution in [0.2, 0.25) is 0 Å². The number of aliphatic hydroxyl groups is 1. The topological polar surface area (TPSA) is 102 Å². The van der Waals surface area contributed by atoms with Gasteiger partial charge >= 0.3 is 11.9 Å². The lowest BCUT2D eigenvalue weighted by Crippen LogP contribution is -2.48. The minimum atomic E-state index is -1.20. The Morgan fingerprint density at radius 2 is 2.08 bits per heavy atom. The van der Waals surface area contributed by atoms with E-state index in [0.717, 1.165) is 0 Å². The van der Waals surface area contributed by atoms with Crippen molar-refractivity contribution < 1.29 is 34.3 Å². The highest BCUT2D eigenvalue weighted by Gasteiger charge is 2.64. The van der Waals surface area contributed by atoms with Crippen molar-refractivity contribution in [3.8, 4) is 0 Å². The largest absolute Gasteiger partial charge is 0.462 e. The van der Waals surface area contributed by atoms with Crippen LogP contribution in [0.1, 0.15) is 34.1 Å². The third-order valence-electron chi connectivity index (χ3n) is 5.89. The van der Waals surface area contributed by atoms with Crippen molar-refractivity contribution in [2.75, 3.05) is 0 Å². The molecule has 0 aromatic heterocycles. The first-order valence-electron chi connectivity index (χ1n) is 8.23. The molecule has 7 heteroatoms. The van der Waals surface area contributed by atoms with Gasteiger partial charge in [0, 0.05) is 31.1 Å². The number of carbonyl (C=O) groups is 2. The van der Waals surface area contributed by atoms with Gasteiger partial charge in [0.1, 0.15) is 17.8 Å². The number of fused-ring (bicyclic) bond motifs is 3. The third kappa shape index (κ3) is 2.46. The molecule has 7 nitrogen and oxygen atoms in total. The van der Waals surface area contributed by atoms with Gasteiger partial charge in [-0.05, 0) is 13.8 Å². The molecule has 0 radical (unpaired) electrons. The van der Waals surface area contributed by atoms with Gasteiger partial charge in [-0.1, -0.05) is 19.1 Å². The van der Waals surface area contributed by atoms with Crippen molar-refractivity contribution in [3.63, 3.8) is 0 Å². The monoisotopic (exact) mass is 340 g/mol. The summed E-state index contributed by atoms with van der Waals surface area (Å²) in [5, 5.41) is 20.5. The molecule has 3 rings (SSSR count). The summed E-state index contributed by atoms with van der Waals surface area (Å²) < 4.78 is 11.0. The summed E-state index contributed by atoms with van der Waals surface area (Å²) in [7, 11) is 0. The second-order valence-corrected chi connectivity index (χ2v) is 7.66. The molecule has 0 amide bonds. The van der Waals surface area contributed by atoms with E-state index in [9.17, 15) is 20.0 Å². The van der Waals surface area contributed by atoms with Crippen LogP contribution in [-0.2, 0) is 24.0 Å². The van der Waals surface area contributed by atoms with Crippen LogP contribution in [0.3, 0.4) is 0 Å². The number of hydrogen-bond acceptors (Lipinski definition) is 7. The molecule has 8 atom stereocenters. The maximum atomic E-state index is 12.2. The Labute approximate surface area is 140 Å². The van der Waals surface area contributed by atoms with E-state index >= 15 is 0 Å². The lowest BCUT2D eigenvalue weighted by atomic mass is 9.73. The van der Waals surface area contributed by atoms with Crippen LogP contribution in [-0.4, -0.2) is 45.7 Å². The minimum absolute atomic E-state index is 0.182. The predicted octanol–water partition coefficient (Wildman–Crippen LogP) is 1.30. The standard InChI is InChI=1S/C17H24O7/c1-8-12-11(22-9(2)18)7-16(3,20)10-5-6-17(4,24-21)13(10)14(12)23-15(8)19/h5-6,8,10-14,20-21H,7H2,1-4H3. The molecule has 3 aliphatic rings. The summed E-state index contributed by atoms with van der Waals surface area (Å²) in [4.78, 5) is 28.4. The van der Waals surface area contributed by atoms with E-state index < -0.39 is 53.1 Å². The maximum absolute atomic E-state index is 12.2. The van der Waals surface area contributed by atoms with E-state index in [1.165, 1.54) is 6.92 Å². The van der Waals surface area contributed by atoms with E-state index in [4.69, 9.17) is 14.4 Å². The van der Waals surface area contributed by atoms with Crippen LogP contribution in [0.4, 0.5) is 0 Å². The number of hydrogen-bond donors (Lipinski definition) is 2. The van der Waals surface area contributed by atoms with Gasteiger partial charge in [0.15, 0.2) is 0 Å². The highest BCUT2D eigenvalue weighted by molar-refractivity contribution is 5.75. The molecule has 8 unspecified atom stereocenters. The van der Waals surface area contributed by atoms with Crippen LogP contribution in [0.15, 0.2) is 12.2 Å². The number of rotatable bonds is 2. The molecular weight excluding hydrogens is 316 g/mol. The molecule has 1 aliphatic heterocycles. The van der Waals surface area contributed by atoms with Crippen LogP contribution in [0.5, 0.6) is 0 Å². The van der Waals surface area contributed by atoms with Gasteiger partial charge in [0.05, 0.1) is 11.5 Å². The Bertz CT molecular complexity index is 583. The molecule has 1 saturated heterocycles. The summed E-state index contributed by atoms with van der Waals surface area (Å²) in [6.07, 6.45) is 2.39. The fourth-order valence-electron chi connectivity index (χ4n) is 4.72. The first-order valence-corrected chi connectivity index (χ1v) is 8.23. The summed E-state index contributed by atoms with van der Waals surface area (Å²) in [6, 6.07) is 0. The van der Waals surface area contributed by atoms with E-state index in [2.05, 4.69) is 0 Å². The maximum Gasteiger partial charge on any atom is 0.309 e. The van der Waals surface area contributed by atoms with Gasteiger partial charge in [-0.15, -0.1) is 0 Å². The minimum Gasteiger partial charge on any atom is -0.462 e. The highest BCUT2D eigenvalue weighted by atomic mass is 17.1. The zero-order chi connectivity index (χ0) is 17.9. The fraction of sp³-hybridized carbons (Fsp3) is 0.765. The Hall–Kier alpha value is -1.44. The van der Waals surface area contributed by atoms with E-state index in [0.29, 0.717) is 0 Å². The van der Waals surface area contributed by atoms with Crippen LogP contribution < -0.4 is 0 Å². The summed E-state index contributed by atoms with van der Waals surface area (Å²) in [5.41, 5.74) is -2.29. The third-order valence-corrected chi connectivity index (χ3v) is 5.89. The summed E-state index contributed by atoms with van der Waals surface area (Å²) in [5.74, 6) is -2.59. The van der Waals surface area contributed by atoms with E-state index in [-0.39, 0.29) is 12.4 Å². The molecule has 2 N–H and O–H groups in total. The second-order valence-electron chi connectivity index (χ2n) is 7.66. The lowest BCUT2D eigenvalue weighted by molar-refractivity contribution is -0.324. The average Bonchev–Trinajstić information content (AvgIpc) is 2.94. The Morgan fingerprint density at radius 3 is 2.67 bits per heavy atom. The smallest absolute Gasteiger partial charge is 0.309 e. The van der Waals surface area contributed by atoms with Gasteiger partial charge in [0.25, 0.3) is 0 Å². The van der Waals surface area contributed by atoms with Gasteiger partial charge in [-0.3, -0.25) is 14.8 Å². The second kappa shape index (κ2) is 5.54. The first kappa shape index (κ1) is 17.4. The summed E-state index contributed by atoms with van der Waals surface area (Å²) in [6.45, 7) is 6.39. The molecular formula is C17H24O7. The van der Waals surface area contributed by atoms with Crippen molar-refractivity contribution >= 4 is 11.9 Å². The fourth-order valence-corrected chi connectivity index (χ4v) is 4.72. The van der Waals surface area contributed by atoms with Gasteiger partial charge in [-0.2, -0.15) is 0 Å². The first-order chi connectivity index (χ1) is 11.1. The highest BCUT2D eigenvalue weighted by Crippen LogP contribution is 2.54. The lowest BCUT2D eigenvalue weighted by Gasteiger charge is -2.38. The average molecular weight is 340 g/mol. The molecule has 1 heterocycles. The van der Waals surface area contributed by atoms with Crippen molar-refractivity contribution in [1.82, 2.24) is 0 Å². The molecule has 24 heavy (non-hydrogen) atoms. The van der Waals surface area contributed by atoms with Gasteiger partial charge in [-0.25, -0.2) is 4.89 Å². The molecule has 2 fully saturated rings. The molecule has 0 bridgehead atoms. The number of esters is 2. The quantitative estimate of drug-likeness (QED) is 0.338. The Balaban J connectivity index is 2.08. The molecule has 134 valence electrons. The molecule has 0 spiro atoms.